The van der Waals surface area contributed by atoms with Crippen LogP contribution in [0.2, 0.25) is 5.15 Å². The van der Waals surface area contributed by atoms with Crippen molar-refractivity contribution in [2.24, 2.45) is 0 Å². The maximum Gasteiger partial charge on any atom is 0.345 e. The summed E-state index contributed by atoms with van der Waals surface area (Å²) in [5.74, 6) is 0.727. The van der Waals surface area contributed by atoms with E-state index in [1.807, 2.05) is 18.7 Å². The van der Waals surface area contributed by atoms with Gasteiger partial charge in [-0.05, 0) is 13.8 Å². The predicted octanol–water partition coefficient (Wildman–Crippen LogP) is 1.71. The molecule has 1 aromatic heterocycles. The quantitative estimate of drug-likeness (QED) is 0.462. The van der Waals surface area contributed by atoms with Crippen molar-refractivity contribution in [2.75, 3.05) is 24.2 Å². The fourth-order valence-electron chi connectivity index (χ4n) is 1.22. The average molecular weight is 248 g/mol. The maximum absolute atomic E-state index is 11.3. The summed E-state index contributed by atoms with van der Waals surface area (Å²) >= 11 is 4.64. The fraction of sp³-hybridized carbons (Fsp3) is 0.556. The number of nitrogens with zero attached hydrogens (tertiary/aromatic N) is 3. The molecule has 0 radical (unpaired) electrons. The van der Waals surface area contributed by atoms with Gasteiger partial charge >= 0.3 is 5.16 Å². The van der Waals surface area contributed by atoms with Crippen molar-refractivity contribution in [1.29, 1.82) is 0 Å². The lowest BCUT2D eigenvalue weighted by Gasteiger charge is -2.19. The molecule has 0 aliphatic carbocycles. The van der Waals surface area contributed by atoms with Crippen LogP contribution in [-0.2, 0) is 11.2 Å². The van der Waals surface area contributed by atoms with Gasteiger partial charge in [-0.25, -0.2) is 0 Å². The highest BCUT2D eigenvalue weighted by atomic mass is 35.5. The minimum Gasteiger partial charge on any atom is -0.609 e. The molecule has 0 amide bonds. The zero-order valence-electron chi connectivity index (χ0n) is 9.03. The Morgan fingerprint density at radius 1 is 1.40 bits per heavy atom. The number of halogens is 1. The summed E-state index contributed by atoms with van der Waals surface area (Å²) in [6.07, 6.45) is 1.54. The van der Waals surface area contributed by atoms with Gasteiger partial charge in [0, 0.05) is 30.3 Å². The van der Waals surface area contributed by atoms with Crippen molar-refractivity contribution in [3.8, 4) is 0 Å². The highest BCUT2D eigenvalue weighted by Gasteiger charge is 2.14. The van der Waals surface area contributed by atoms with Gasteiger partial charge < -0.3 is 9.45 Å². The van der Waals surface area contributed by atoms with Crippen molar-refractivity contribution in [3.63, 3.8) is 0 Å². The van der Waals surface area contributed by atoms with Crippen LogP contribution in [0.5, 0.6) is 0 Å². The molecule has 0 aromatic carbocycles. The first kappa shape index (κ1) is 12.5. The second kappa shape index (κ2) is 5.53. The summed E-state index contributed by atoms with van der Waals surface area (Å²) in [6.45, 7) is 5.73. The van der Waals surface area contributed by atoms with Gasteiger partial charge in [0.2, 0.25) is 0 Å². The van der Waals surface area contributed by atoms with E-state index >= 15 is 0 Å². The van der Waals surface area contributed by atoms with Crippen LogP contribution in [0.25, 0.3) is 0 Å². The van der Waals surface area contributed by atoms with E-state index in [0.29, 0.717) is 5.15 Å². The van der Waals surface area contributed by atoms with E-state index in [1.54, 1.807) is 6.07 Å². The Labute approximate surface area is 97.9 Å². The number of aromatic nitrogens is 2. The van der Waals surface area contributed by atoms with Gasteiger partial charge in [0.05, 0.1) is 0 Å². The molecule has 15 heavy (non-hydrogen) atoms. The molecular weight excluding hydrogens is 234 g/mol. The molecule has 1 aromatic rings. The summed E-state index contributed by atoms with van der Waals surface area (Å²) in [7, 11) is 0. The molecule has 0 fully saturated rings. The van der Waals surface area contributed by atoms with Crippen molar-refractivity contribution in [2.45, 2.75) is 19.0 Å². The molecule has 0 N–H and O–H groups in total. The molecule has 4 nitrogen and oxygen atoms in total. The van der Waals surface area contributed by atoms with E-state index in [2.05, 4.69) is 9.97 Å². The summed E-state index contributed by atoms with van der Waals surface area (Å²) in [5.41, 5.74) is 0. The summed E-state index contributed by atoms with van der Waals surface area (Å²) in [5, 5.41) is 0.613. The monoisotopic (exact) mass is 247 g/mol. The number of hydrogen-bond donors (Lipinski definition) is 0. The number of rotatable bonds is 4. The van der Waals surface area contributed by atoms with Crippen LogP contribution in [0.3, 0.4) is 0 Å². The Morgan fingerprint density at radius 2 is 2.00 bits per heavy atom. The normalized spacial score (nSPS) is 12.6. The lowest BCUT2D eigenvalue weighted by Crippen LogP contribution is -2.24. The number of anilines is 1. The van der Waals surface area contributed by atoms with E-state index < -0.39 is 11.2 Å². The van der Waals surface area contributed by atoms with Crippen molar-refractivity contribution in [3.05, 3.63) is 11.2 Å². The van der Waals surface area contributed by atoms with E-state index in [-0.39, 0.29) is 5.16 Å². The lowest BCUT2D eigenvalue weighted by atomic mass is 10.4. The van der Waals surface area contributed by atoms with Crippen molar-refractivity contribution >= 4 is 28.6 Å². The number of hydrogen-bond acceptors (Lipinski definition) is 4. The van der Waals surface area contributed by atoms with E-state index in [9.17, 15) is 4.55 Å². The SMILES string of the molecule is CCN(CC)c1cc(Cl)nc([S+](C)[O-])n1. The van der Waals surface area contributed by atoms with Crippen LogP contribution < -0.4 is 4.90 Å². The van der Waals surface area contributed by atoms with Crippen LogP contribution in [0, 0.1) is 0 Å². The average Bonchev–Trinajstić information content (AvgIpc) is 2.18. The molecule has 0 aliphatic rings. The van der Waals surface area contributed by atoms with Gasteiger partial charge in [0.25, 0.3) is 0 Å². The van der Waals surface area contributed by atoms with Gasteiger partial charge in [0.1, 0.15) is 17.2 Å². The molecule has 1 atom stereocenters. The third-order valence-corrected chi connectivity index (χ3v) is 2.90. The molecule has 0 saturated heterocycles. The minimum absolute atomic E-state index is 0.282. The van der Waals surface area contributed by atoms with E-state index in [1.165, 1.54) is 6.26 Å². The molecule has 1 unspecified atom stereocenters. The Morgan fingerprint density at radius 3 is 2.47 bits per heavy atom. The fourth-order valence-corrected chi connectivity index (χ4v) is 1.90. The van der Waals surface area contributed by atoms with E-state index in [4.69, 9.17) is 11.6 Å². The first-order chi connectivity index (χ1) is 7.08. The van der Waals surface area contributed by atoms with Gasteiger partial charge in [-0.2, -0.15) is 9.97 Å². The van der Waals surface area contributed by atoms with Gasteiger partial charge in [-0.1, -0.05) is 11.6 Å². The van der Waals surface area contributed by atoms with Gasteiger partial charge in [0.15, 0.2) is 0 Å². The predicted molar refractivity (Wildman–Crippen MR) is 62.9 cm³/mol. The molecule has 6 heteroatoms. The summed E-state index contributed by atoms with van der Waals surface area (Å²) in [6, 6.07) is 1.69. The highest BCUT2D eigenvalue weighted by molar-refractivity contribution is 7.90. The summed E-state index contributed by atoms with van der Waals surface area (Å²) < 4.78 is 11.3. The zero-order chi connectivity index (χ0) is 11.4. The van der Waals surface area contributed by atoms with Crippen LogP contribution in [-0.4, -0.2) is 33.9 Å². The van der Waals surface area contributed by atoms with E-state index in [0.717, 1.165) is 18.9 Å². The molecule has 1 heterocycles. The maximum atomic E-state index is 11.3. The summed E-state index contributed by atoms with van der Waals surface area (Å²) in [4.78, 5) is 10.1. The molecule has 0 bridgehead atoms. The van der Waals surface area contributed by atoms with Gasteiger partial charge in [-0.3, -0.25) is 0 Å². The molecule has 0 saturated carbocycles. The zero-order valence-corrected chi connectivity index (χ0v) is 10.6. The third-order valence-electron chi connectivity index (χ3n) is 2.01. The van der Waals surface area contributed by atoms with Crippen molar-refractivity contribution in [1.82, 2.24) is 9.97 Å². The molecule has 0 aliphatic heterocycles. The van der Waals surface area contributed by atoms with Crippen LogP contribution in [0.15, 0.2) is 11.2 Å². The highest BCUT2D eigenvalue weighted by Crippen LogP contribution is 2.17. The largest absolute Gasteiger partial charge is 0.609 e. The Kier molecular flexibility index (Phi) is 4.63. The topological polar surface area (TPSA) is 52.1 Å². The Bertz CT molecular complexity index is 331. The smallest absolute Gasteiger partial charge is 0.345 e. The standard InChI is InChI=1S/C9H14ClN3OS/c1-4-13(5-2)8-6-7(10)11-9(12-8)15(3)14/h6H,4-5H2,1-3H3. The first-order valence-corrected chi connectivity index (χ1v) is 6.65. The lowest BCUT2D eigenvalue weighted by molar-refractivity contribution is 0.591. The molecule has 0 spiro atoms. The van der Waals surface area contributed by atoms with Crippen LogP contribution in [0.4, 0.5) is 5.82 Å². The second-order valence-electron chi connectivity index (χ2n) is 2.96. The third kappa shape index (κ3) is 3.22. The second-order valence-corrected chi connectivity index (χ2v) is 4.62. The molecule has 84 valence electrons. The Hall–Kier alpha value is -0.520. The first-order valence-electron chi connectivity index (χ1n) is 4.71. The van der Waals surface area contributed by atoms with Crippen LogP contribution in [0.1, 0.15) is 13.8 Å². The Balaban J connectivity index is 3.07. The molecular formula is C9H14ClN3OS. The minimum atomic E-state index is -1.20. The van der Waals surface area contributed by atoms with Gasteiger partial charge in [-0.15, -0.1) is 0 Å². The molecule has 1 rings (SSSR count). The van der Waals surface area contributed by atoms with Crippen molar-refractivity contribution < 1.29 is 4.55 Å². The van der Waals surface area contributed by atoms with Crippen LogP contribution >= 0.6 is 11.6 Å².